The van der Waals surface area contributed by atoms with Gasteiger partial charge in [0.15, 0.2) is 0 Å². The molecule has 2 nitrogen and oxygen atoms in total. The van der Waals surface area contributed by atoms with E-state index in [0.717, 1.165) is 36.3 Å². The third-order valence-corrected chi connectivity index (χ3v) is 4.58. The fourth-order valence-electron chi connectivity index (χ4n) is 1.90. The van der Waals surface area contributed by atoms with Crippen LogP contribution in [0.5, 0.6) is 0 Å². The topological polar surface area (TPSA) is 32.3 Å². The summed E-state index contributed by atoms with van der Waals surface area (Å²) in [5.74, 6) is 0. The number of nitrogens with one attached hydrogen (secondary N) is 1. The van der Waals surface area contributed by atoms with Gasteiger partial charge < -0.3 is 10.4 Å². The molecule has 0 spiro atoms. The van der Waals surface area contributed by atoms with Crippen molar-refractivity contribution < 1.29 is 5.11 Å². The van der Waals surface area contributed by atoms with Gasteiger partial charge in [0.1, 0.15) is 0 Å². The Morgan fingerprint density at radius 2 is 2.17 bits per heavy atom. The van der Waals surface area contributed by atoms with Crippen molar-refractivity contribution in [2.24, 2.45) is 0 Å². The first-order chi connectivity index (χ1) is 8.68. The zero-order valence-electron chi connectivity index (χ0n) is 10.4. The Bertz CT molecular complexity index is 509. The Morgan fingerprint density at radius 3 is 2.89 bits per heavy atom. The van der Waals surface area contributed by atoms with E-state index in [1.54, 1.807) is 11.3 Å². The van der Waals surface area contributed by atoms with Crippen LogP contribution in [0.2, 0.25) is 5.02 Å². The Labute approximate surface area is 117 Å². The molecule has 2 N–H and O–H groups in total. The van der Waals surface area contributed by atoms with Gasteiger partial charge in [-0.3, -0.25) is 0 Å². The highest BCUT2D eigenvalue weighted by molar-refractivity contribution is 7.19. The Kier molecular flexibility index (Phi) is 5.01. The fourth-order valence-corrected chi connectivity index (χ4v) is 3.37. The first-order valence-corrected chi connectivity index (χ1v) is 7.42. The molecule has 2 rings (SSSR count). The highest BCUT2D eigenvalue weighted by Crippen LogP contribution is 2.34. The Balaban J connectivity index is 1.90. The summed E-state index contributed by atoms with van der Waals surface area (Å²) < 4.78 is 1.24. The lowest BCUT2D eigenvalue weighted by molar-refractivity contribution is 0.181. The van der Waals surface area contributed by atoms with Crippen molar-refractivity contribution >= 4 is 33.0 Å². The summed E-state index contributed by atoms with van der Waals surface area (Å²) in [7, 11) is 0. The number of halogens is 1. The summed E-state index contributed by atoms with van der Waals surface area (Å²) in [6.45, 7) is 3.54. The van der Waals surface area contributed by atoms with Gasteiger partial charge in [-0.2, -0.15) is 0 Å². The summed E-state index contributed by atoms with van der Waals surface area (Å²) in [5, 5.41) is 14.6. The molecule has 1 aromatic heterocycles. The van der Waals surface area contributed by atoms with Crippen molar-refractivity contribution in [2.75, 3.05) is 6.54 Å². The normalized spacial score (nSPS) is 13.1. The minimum Gasteiger partial charge on any atom is -0.393 e. The minimum absolute atomic E-state index is 0.209. The molecule has 98 valence electrons. The second-order valence-electron chi connectivity index (χ2n) is 4.50. The molecule has 0 bridgehead atoms. The summed E-state index contributed by atoms with van der Waals surface area (Å²) >= 11 is 8.10. The lowest BCUT2D eigenvalue weighted by atomic mass is 10.2. The summed E-state index contributed by atoms with van der Waals surface area (Å²) in [6, 6.07) is 8.21. The molecule has 0 aliphatic rings. The van der Waals surface area contributed by atoms with Gasteiger partial charge in [0.25, 0.3) is 0 Å². The van der Waals surface area contributed by atoms with E-state index in [1.165, 1.54) is 9.58 Å². The molecular weight excluding hydrogens is 266 g/mol. The zero-order valence-corrected chi connectivity index (χ0v) is 12.0. The molecule has 1 heterocycles. The van der Waals surface area contributed by atoms with Crippen molar-refractivity contribution in [3.05, 3.63) is 34.2 Å². The monoisotopic (exact) mass is 283 g/mol. The molecule has 0 saturated carbocycles. The summed E-state index contributed by atoms with van der Waals surface area (Å²) in [6.07, 6.45) is 1.62. The number of thiophene rings is 1. The van der Waals surface area contributed by atoms with Crippen molar-refractivity contribution in [3.8, 4) is 0 Å². The minimum atomic E-state index is -0.209. The SMILES string of the molecule is CC(O)CCCNCc1sc2ccccc2c1Cl. The fraction of sp³-hybridized carbons (Fsp3) is 0.429. The molecule has 0 aliphatic carbocycles. The molecule has 0 amide bonds. The largest absolute Gasteiger partial charge is 0.393 e. The van der Waals surface area contributed by atoms with Gasteiger partial charge in [-0.05, 0) is 32.4 Å². The van der Waals surface area contributed by atoms with E-state index >= 15 is 0 Å². The molecule has 0 fully saturated rings. The van der Waals surface area contributed by atoms with Crippen LogP contribution in [0.1, 0.15) is 24.6 Å². The van der Waals surface area contributed by atoms with Gasteiger partial charge in [0.05, 0.1) is 11.1 Å². The van der Waals surface area contributed by atoms with E-state index in [1.807, 2.05) is 19.1 Å². The molecule has 0 radical (unpaired) electrons. The average Bonchev–Trinajstić information content (AvgIpc) is 2.66. The quantitative estimate of drug-likeness (QED) is 0.790. The maximum Gasteiger partial charge on any atom is 0.0636 e. The van der Waals surface area contributed by atoms with E-state index < -0.39 is 0 Å². The lowest BCUT2D eigenvalue weighted by Gasteiger charge is -2.05. The highest BCUT2D eigenvalue weighted by atomic mass is 35.5. The van der Waals surface area contributed by atoms with Crippen LogP contribution < -0.4 is 5.32 Å². The van der Waals surface area contributed by atoms with Crippen molar-refractivity contribution in [1.29, 1.82) is 0 Å². The summed E-state index contributed by atoms with van der Waals surface area (Å²) in [4.78, 5) is 1.19. The first kappa shape index (κ1) is 13.8. The van der Waals surface area contributed by atoms with E-state index in [2.05, 4.69) is 17.4 Å². The number of hydrogen-bond donors (Lipinski definition) is 2. The predicted molar refractivity (Wildman–Crippen MR) is 79.5 cm³/mol. The number of aliphatic hydroxyl groups excluding tert-OH is 1. The molecule has 0 aliphatic heterocycles. The molecule has 1 unspecified atom stereocenters. The predicted octanol–water partition coefficient (Wildman–Crippen LogP) is 3.81. The highest BCUT2D eigenvalue weighted by Gasteiger charge is 2.08. The standard InChI is InChI=1S/C14H18ClNOS/c1-10(17)5-4-8-16-9-13-14(15)11-6-2-3-7-12(11)18-13/h2-3,6-7,10,16-17H,4-5,8-9H2,1H3. The van der Waals surface area contributed by atoms with Crippen LogP contribution in [0, 0.1) is 0 Å². The van der Waals surface area contributed by atoms with Gasteiger partial charge in [0.2, 0.25) is 0 Å². The van der Waals surface area contributed by atoms with Crippen LogP contribution in [0.25, 0.3) is 10.1 Å². The molecule has 18 heavy (non-hydrogen) atoms. The van der Waals surface area contributed by atoms with Gasteiger partial charge in [-0.15, -0.1) is 11.3 Å². The van der Waals surface area contributed by atoms with E-state index in [9.17, 15) is 0 Å². The number of fused-ring (bicyclic) bond motifs is 1. The molecular formula is C14H18ClNOS. The van der Waals surface area contributed by atoms with Crippen LogP contribution >= 0.6 is 22.9 Å². The van der Waals surface area contributed by atoms with Gasteiger partial charge in [-0.1, -0.05) is 29.8 Å². The zero-order chi connectivity index (χ0) is 13.0. The van der Waals surface area contributed by atoms with Crippen LogP contribution in [0.4, 0.5) is 0 Å². The smallest absolute Gasteiger partial charge is 0.0636 e. The van der Waals surface area contributed by atoms with Crippen molar-refractivity contribution in [1.82, 2.24) is 5.32 Å². The van der Waals surface area contributed by atoms with Gasteiger partial charge in [0, 0.05) is 21.5 Å². The van der Waals surface area contributed by atoms with Crippen molar-refractivity contribution in [2.45, 2.75) is 32.4 Å². The van der Waals surface area contributed by atoms with Crippen LogP contribution in [0.15, 0.2) is 24.3 Å². The van der Waals surface area contributed by atoms with Crippen molar-refractivity contribution in [3.63, 3.8) is 0 Å². The summed E-state index contributed by atoms with van der Waals surface area (Å²) in [5.41, 5.74) is 0. The second-order valence-corrected chi connectivity index (χ2v) is 6.02. The second kappa shape index (κ2) is 6.53. The number of benzene rings is 1. The maximum absolute atomic E-state index is 9.16. The van der Waals surface area contributed by atoms with Crippen LogP contribution in [-0.2, 0) is 6.54 Å². The third-order valence-electron chi connectivity index (χ3n) is 2.86. The van der Waals surface area contributed by atoms with E-state index in [-0.39, 0.29) is 6.10 Å². The number of hydrogen-bond acceptors (Lipinski definition) is 3. The van der Waals surface area contributed by atoms with Gasteiger partial charge >= 0.3 is 0 Å². The third kappa shape index (κ3) is 3.45. The van der Waals surface area contributed by atoms with E-state index in [0.29, 0.717) is 0 Å². The molecule has 1 aromatic carbocycles. The molecule has 4 heteroatoms. The van der Waals surface area contributed by atoms with Gasteiger partial charge in [-0.25, -0.2) is 0 Å². The Hall–Kier alpha value is -0.610. The molecule has 0 saturated heterocycles. The maximum atomic E-state index is 9.16. The number of rotatable bonds is 6. The molecule has 1 atom stereocenters. The van der Waals surface area contributed by atoms with Crippen LogP contribution in [-0.4, -0.2) is 17.8 Å². The molecule has 2 aromatic rings. The number of aliphatic hydroxyl groups is 1. The Morgan fingerprint density at radius 1 is 1.39 bits per heavy atom. The average molecular weight is 284 g/mol. The first-order valence-electron chi connectivity index (χ1n) is 6.23. The lowest BCUT2D eigenvalue weighted by Crippen LogP contribution is -2.15. The van der Waals surface area contributed by atoms with E-state index in [4.69, 9.17) is 16.7 Å². The van der Waals surface area contributed by atoms with Crippen LogP contribution in [0.3, 0.4) is 0 Å².